The summed E-state index contributed by atoms with van der Waals surface area (Å²) in [5, 5.41) is 10.1. The normalized spacial score (nSPS) is 32.4. The molecule has 0 aromatic rings. The Balaban J connectivity index is 2.63. The van der Waals surface area contributed by atoms with Crippen molar-refractivity contribution in [2.45, 2.75) is 71.7 Å². The first kappa shape index (κ1) is 33.0. The number of carbonyl (C=O) groups excluding carboxylic acids is 5. The summed E-state index contributed by atoms with van der Waals surface area (Å²) in [6.45, 7) is 8.28. The predicted molar refractivity (Wildman–Crippen MR) is 149 cm³/mol. The van der Waals surface area contributed by atoms with E-state index in [-0.39, 0.29) is 24.3 Å². The van der Waals surface area contributed by atoms with Gasteiger partial charge in [0.05, 0.1) is 26.8 Å². The van der Waals surface area contributed by atoms with Crippen LogP contribution in [0.15, 0.2) is 23.9 Å². The van der Waals surface area contributed by atoms with Gasteiger partial charge in [0.15, 0.2) is 11.8 Å². The molecule has 218 valence electrons. The number of amides is 4. The maximum Gasteiger partial charge on any atom is 0.340 e. The van der Waals surface area contributed by atoms with Crippen LogP contribution in [0.25, 0.3) is 0 Å². The summed E-state index contributed by atoms with van der Waals surface area (Å²) in [5.41, 5.74) is -0.196. The SMILES string of the molecule is C/C=C1\NC(=O)[C@H]2C[S+]([O-])S[S+]([O-])CC/C=C/[C@H](CC(=O)N[C@H](C(C)C)C(=O)N2)OC(=O)C(C(C)C)NC1=O. The predicted octanol–water partition coefficient (Wildman–Crippen LogP) is 0.109. The molecule has 2 aliphatic heterocycles. The summed E-state index contributed by atoms with van der Waals surface area (Å²) in [4.78, 5) is 65.5. The average Bonchev–Trinajstić information content (AvgIpc) is 2.84. The summed E-state index contributed by atoms with van der Waals surface area (Å²) in [7, 11) is -2.79. The highest BCUT2D eigenvalue weighted by molar-refractivity contribution is 9.04. The molecular formula is C24H36N4O8S3. The third-order valence-corrected chi connectivity index (χ3v) is 11.8. The molecule has 2 aliphatic rings. The molecule has 2 bridgehead atoms. The molecule has 2 rings (SSSR count). The van der Waals surface area contributed by atoms with Gasteiger partial charge >= 0.3 is 15.8 Å². The van der Waals surface area contributed by atoms with E-state index in [0.717, 1.165) is 0 Å². The Labute approximate surface area is 237 Å². The molecule has 0 saturated carbocycles. The van der Waals surface area contributed by atoms with E-state index in [2.05, 4.69) is 21.3 Å². The zero-order chi connectivity index (χ0) is 29.3. The molecule has 0 aliphatic carbocycles. The van der Waals surface area contributed by atoms with Gasteiger partial charge in [-0.2, -0.15) is 0 Å². The Morgan fingerprint density at radius 3 is 2.26 bits per heavy atom. The number of fused-ring (bicyclic) bond motifs is 7. The van der Waals surface area contributed by atoms with E-state index in [4.69, 9.17) is 4.74 Å². The molecule has 3 unspecified atom stereocenters. The van der Waals surface area contributed by atoms with Crippen LogP contribution in [0, 0.1) is 11.8 Å². The standard InChI is InChI=1S/C24H36N4O8S3/c1-6-16-21(30)28-20(14(4)5)24(33)36-15-9-7-8-10-38(34)37-39(35)12-17(22(31)25-16)26-23(32)19(13(2)3)27-18(29)11-15/h6-7,9,13-15,17,19-20H,8,10-12H2,1-5H3,(H,25,31)(H,26,32)(H,27,29)(H,28,30)/b9-7+,16-6-/t15-,17-,19-,20?,38?,39?/m1/s1. The van der Waals surface area contributed by atoms with Crippen molar-refractivity contribution in [3.8, 4) is 0 Å². The van der Waals surface area contributed by atoms with Crippen molar-refractivity contribution in [1.29, 1.82) is 0 Å². The summed E-state index contributed by atoms with van der Waals surface area (Å²) >= 11 is 0. The first-order chi connectivity index (χ1) is 18.3. The van der Waals surface area contributed by atoms with E-state index in [1.807, 2.05) is 0 Å². The van der Waals surface area contributed by atoms with Gasteiger partial charge in [0.25, 0.3) is 11.8 Å². The Kier molecular flexibility index (Phi) is 13.2. The second-order valence-electron chi connectivity index (χ2n) is 9.68. The van der Waals surface area contributed by atoms with Crippen molar-refractivity contribution >= 4 is 59.8 Å². The van der Waals surface area contributed by atoms with E-state index in [0.29, 0.717) is 9.83 Å². The van der Waals surface area contributed by atoms with Crippen molar-refractivity contribution in [2.75, 3.05) is 11.5 Å². The highest BCUT2D eigenvalue weighted by Crippen LogP contribution is 2.24. The fourth-order valence-corrected chi connectivity index (χ4v) is 9.00. The number of hydrogen-bond donors (Lipinski definition) is 4. The highest BCUT2D eigenvalue weighted by Gasteiger charge is 2.36. The molecule has 1 saturated heterocycles. The average molecular weight is 605 g/mol. The monoisotopic (exact) mass is 604 g/mol. The number of rotatable bonds is 2. The van der Waals surface area contributed by atoms with E-state index < -0.39 is 91.8 Å². The van der Waals surface area contributed by atoms with Crippen molar-refractivity contribution in [3.05, 3.63) is 23.9 Å². The van der Waals surface area contributed by atoms with Gasteiger partial charge in [0.1, 0.15) is 29.6 Å². The van der Waals surface area contributed by atoms with Gasteiger partial charge in [-0.3, -0.25) is 19.2 Å². The van der Waals surface area contributed by atoms with Crippen LogP contribution in [0.4, 0.5) is 0 Å². The van der Waals surface area contributed by atoms with Gasteiger partial charge in [-0.15, -0.1) is 0 Å². The molecule has 12 nitrogen and oxygen atoms in total. The van der Waals surface area contributed by atoms with E-state index in [1.54, 1.807) is 33.8 Å². The third-order valence-electron chi connectivity index (χ3n) is 5.81. The lowest BCUT2D eigenvalue weighted by atomic mass is 10.0. The van der Waals surface area contributed by atoms with Gasteiger partial charge < -0.3 is 35.1 Å². The van der Waals surface area contributed by atoms with Crippen molar-refractivity contribution in [2.24, 2.45) is 11.8 Å². The van der Waals surface area contributed by atoms with E-state index in [9.17, 15) is 33.1 Å². The van der Waals surface area contributed by atoms with Crippen molar-refractivity contribution < 1.29 is 37.8 Å². The molecule has 1 fully saturated rings. The van der Waals surface area contributed by atoms with Crippen molar-refractivity contribution in [1.82, 2.24) is 21.3 Å². The van der Waals surface area contributed by atoms with Gasteiger partial charge in [0.2, 0.25) is 11.8 Å². The third kappa shape index (κ3) is 10.4. The van der Waals surface area contributed by atoms with E-state index in [1.165, 1.54) is 19.1 Å². The number of allylic oxidation sites excluding steroid dienone is 2. The van der Waals surface area contributed by atoms with Crippen molar-refractivity contribution in [3.63, 3.8) is 0 Å². The first-order valence-electron chi connectivity index (χ1n) is 12.5. The van der Waals surface area contributed by atoms with Crippen LogP contribution in [-0.2, 0) is 49.1 Å². The van der Waals surface area contributed by atoms with E-state index >= 15 is 0 Å². The number of hydrogen-bond acceptors (Lipinski definition) is 9. The van der Waals surface area contributed by atoms with Crippen LogP contribution in [-0.4, -0.2) is 74.4 Å². The Morgan fingerprint density at radius 2 is 1.64 bits per heavy atom. The molecule has 4 N–H and O–H groups in total. The Hall–Kier alpha value is -2.20. The largest absolute Gasteiger partial charge is 0.602 e. The molecule has 0 aromatic carbocycles. The van der Waals surface area contributed by atoms with Gasteiger partial charge in [0, 0.05) is 6.42 Å². The summed E-state index contributed by atoms with van der Waals surface area (Å²) in [6.07, 6.45) is 3.32. The van der Waals surface area contributed by atoms with Crippen LogP contribution in [0.3, 0.4) is 0 Å². The fraction of sp³-hybridized carbons (Fsp3) is 0.625. The molecule has 15 heteroatoms. The van der Waals surface area contributed by atoms with Gasteiger partial charge in [-0.1, -0.05) is 39.8 Å². The highest BCUT2D eigenvalue weighted by atomic mass is 33.5. The number of nitrogens with one attached hydrogen (secondary N) is 4. The molecule has 4 amide bonds. The maximum atomic E-state index is 13.2. The lowest BCUT2D eigenvalue weighted by molar-refractivity contribution is -0.153. The molecule has 2 heterocycles. The second-order valence-corrected chi connectivity index (χ2v) is 15.6. The van der Waals surface area contributed by atoms with Crippen LogP contribution >= 0.6 is 9.83 Å². The molecule has 0 aromatic heterocycles. The molecule has 6 atom stereocenters. The minimum atomic E-state index is -1.85. The van der Waals surface area contributed by atoms with Crippen LogP contribution in [0.1, 0.15) is 47.5 Å². The van der Waals surface area contributed by atoms with Crippen LogP contribution < -0.4 is 21.3 Å². The lowest BCUT2D eigenvalue weighted by Crippen LogP contribution is -2.58. The molecule has 0 spiro atoms. The Morgan fingerprint density at radius 1 is 0.974 bits per heavy atom. The summed E-state index contributed by atoms with van der Waals surface area (Å²) < 4.78 is 30.9. The maximum absolute atomic E-state index is 13.2. The fourth-order valence-electron chi connectivity index (χ4n) is 3.66. The number of carbonyl (C=O) groups is 5. The smallest absolute Gasteiger partial charge is 0.340 e. The summed E-state index contributed by atoms with van der Waals surface area (Å²) in [5.74, 6) is -4.80. The minimum absolute atomic E-state index is 0.117. The second kappa shape index (κ2) is 15.6. The van der Waals surface area contributed by atoms with Gasteiger partial charge in [-0.25, -0.2) is 4.79 Å². The topological polar surface area (TPSA) is 189 Å². The summed E-state index contributed by atoms with van der Waals surface area (Å²) in [6, 6.07) is -3.56. The number of ether oxygens (including phenoxy) is 1. The van der Waals surface area contributed by atoms with Gasteiger partial charge in [-0.05, 0) is 24.8 Å². The number of esters is 1. The first-order valence-corrected chi connectivity index (χ1v) is 17.0. The minimum Gasteiger partial charge on any atom is -0.602 e. The Bertz CT molecular complexity index is 990. The molecule has 39 heavy (non-hydrogen) atoms. The lowest BCUT2D eigenvalue weighted by Gasteiger charge is -2.28. The molecular weight excluding hydrogens is 568 g/mol. The van der Waals surface area contributed by atoms with Crippen LogP contribution in [0.5, 0.6) is 0 Å². The molecule has 0 radical (unpaired) electrons. The zero-order valence-corrected chi connectivity index (χ0v) is 25.0. The quantitative estimate of drug-likeness (QED) is 0.111. The zero-order valence-electron chi connectivity index (χ0n) is 22.5. The van der Waals surface area contributed by atoms with Crippen LogP contribution in [0.2, 0.25) is 0 Å².